The van der Waals surface area contributed by atoms with E-state index >= 15 is 0 Å². The monoisotopic (exact) mass is 354 g/mol. The molecule has 1 fully saturated rings. The van der Waals surface area contributed by atoms with Crippen molar-refractivity contribution < 1.29 is 14.3 Å². The molecule has 3 heteroatoms. The Labute approximate surface area is 157 Å². The average molecular weight is 355 g/mol. The van der Waals surface area contributed by atoms with E-state index in [9.17, 15) is 5.11 Å². The summed E-state index contributed by atoms with van der Waals surface area (Å²) in [5.41, 5.74) is 2.37. The molecule has 2 aromatic carbocycles. The molecule has 0 spiro atoms. The molecule has 1 saturated heterocycles. The highest BCUT2D eigenvalue weighted by molar-refractivity contribution is 5.63. The second-order valence-electron chi connectivity index (χ2n) is 8.47. The van der Waals surface area contributed by atoms with Gasteiger partial charge in [0.25, 0.3) is 0 Å². The van der Waals surface area contributed by atoms with Gasteiger partial charge in [0.1, 0.15) is 25.0 Å². The predicted octanol–water partition coefficient (Wildman–Crippen LogP) is 4.22. The molecule has 0 unspecified atom stereocenters. The van der Waals surface area contributed by atoms with E-state index in [2.05, 4.69) is 45.2 Å². The Morgan fingerprint density at radius 3 is 2.15 bits per heavy atom. The number of ether oxygens (including phenoxy) is 1. The lowest BCUT2D eigenvalue weighted by molar-refractivity contribution is -0.923. The molecule has 3 rings (SSSR count). The SMILES string of the molecule is C[C@@H]1C[C@@H](C)C[N+](C)(C[C@@H](O)COc2ccc(-c3ccccc3)cc2)C1. The van der Waals surface area contributed by atoms with Crippen LogP contribution in [-0.2, 0) is 0 Å². The molecule has 1 N–H and O–H groups in total. The van der Waals surface area contributed by atoms with Crippen LogP contribution in [0.15, 0.2) is 54.6 Å². The molecule has 2 aromatic rings. The molecule has 0 aromatic heterocycles. The number of hydrogen-bond donors (Lipinski definition) is 1. The van der Waals surface area contributed by atoms with Crippen molar-refractivity contribution in [3.05, 3.63) is 54.6 Å². The third-order valence-electron chi connectivity index (χ3n) is 5.36. The molecule has 3 atom stereocenters. The number of aliphatic hydroxyl groups is 1. The van der Waals surface area contributed by atoms with E-state index in [0.717, 1.165) is 41.7 Å². The third kappa shape index (κ3) is 5.09. The lowest BCUT2D eigenvalue weighted by Crippen LogP contribution is -2.57. The van der Waals surface area contributed by atoms with Crippen LogP contribution in [0.1, 0.15) is 20.3 Å². The van der Waals surface area contributed by atoms with Gasteiger partial charge in [0.05, 0.1) is 20.1 Å². The Bertz CT molecular complexity index is 673. The number of quaternary nitrogens is 1. The van der Waals surface area contributed by atoms with Crippen molar-refractivity contribution in [1.82, 2.24) is 0 Å². The lowest BCUT2D eigenvalue weighted by atomic mass is 9.90. The number of aliphatic hydroxyl groups excluding tert-OH is 1. The maximum absolute atomic E-state index is 10.5. The second-order valence-corrected chi connectivity index (χ2v) is 8.47. The molecule has 0 saturated carbocycles. The van der Waals surface area contributed by atoms with Gasteiger partial charge in [-0.25, -0.2) is 0 Å². The Morgan fingerprint density at radius 1 is 0.962 bits per heavy atom. The van der Waals surface area contributed by atoms with Gasteiger partial charge in [-0.05, 0) is 29.7 Å². The molecule has 140 valence electrons. The van der Waals surface area contributed by atoms with Crippen molar-refractivity contribution in [1.29, 1.82) is 0 Å². The first kappa shape index (κ1) is 18.9. The van der Waals surface area contributed by atoms with E-state index in [-0.39, 0.29) is 0 Å². The van der Waals surface area contributed by atoms with Crippen LogP contribution in [0.3, 0.4) is 0 Å². The van der Waals surface area contributed by atoms with Gasteiger partial charge >= 0.3 is 0 Å². The van der Waals surface area contributed by atoms with Crippen molar-refractivity contribution in [2.24, 2.45) is 11.8 Å². The fourth-order valence-corrected chi connectivity index (χ4v) is 4.69. The standard InChI is InChI=1S/C23H32NO2/c1-18-13-19(2)15-24(3,14-18)16-22(25)17-26-23-11-9-21(10-12-23)20-7-5-4-6-8-20/h4-12,18-19,22,25H,13-17H2,1-3H3/q+1/t18-,19-,22-/m1/s1. The van der Waals surface area contributed by atoms with Gasteiger partial charge in [-0.2, -0.15) is 0 Å². The highest BCUT2D eigenvalue weighted by Crippen LogP contribution is 2.26. The van der Waals surface area contributed by atoms with E-state index in [1.807, 2.05) is 30.3 Å². The zero-order valence-electron chi connectivity index (χ0n) is 16.3. The summed E-state index contributed by atoms with van der Waals surface area (Å²) in [6.07, 6.45) is 0.861. The molecule has 1 aliphatic rings. The number of benzene rings is 2. The van der Waals surface area contributed by atoms with Crippen LogP contribution in [-0.4, -0.2) is 49.0 Å². The first-order chi connectivity index (χ1) is 12.4. The normalized spacial score (nSPS) is 27.1. The number of piperidine rings is 1. The highest BCUT2D eigenvalue weighted by Gasteiger charge is 2.34. The molecule has 3 nitrogen and oxygen atoms in total. The fourth-order valence-electron chi connectivity index (χ4n) is 4.69. The van der Waals surface area contributed by atoms with Crippen LogP contribution in [0.4, 0.5) is 0 Å². The van der Waals surface area contributed by atoms with Gasteiger partial charge in [0.15, 0.2) is 0 Å². The van der Waals surface area contributed by atoms with Gasteiger partial charge in [0.2, 0.25) is 0 Å². The van der Waals surface area contributed by atoms with Crippen LogP contribution in [0, 0.1) is 11.8 Å². The Balaban J connectivity index is 1.52. The van der Waals surface area contributed by atoms with Gasteiger partial charge < -0.3 is 14.3 Å². The van der Waals surface area contributed by atoms with Crippen LogP contribution in [0.5, 0.6) is 5.75 Å². The largest absolute Gasteiger partial charge is 0.491 e. The maximum Gasteiger partial charge on any atom is 0.137 e. The average Bonchev–Trinajstić information content (AvgIpc) is 2.59. The summed E-state index contributed by atoms with van der Waals surface area (Å²) in [5.74, 6) is 2.26. The van der Waals surface area contributed by atoms with Crippen molar-refractivity contribution in [2.45, 2.75) is 26.4 Å². The minimum absolute atomic E-state index is 0.348. The maximum atomic E-state index is 10.5. The van der Waals surface area contributed by atoms with E-state index in [1.165, 1.54) is 17.5 Å². The van der Waals surface area contributed by atoms with E-state index in [0.29, 0.717) is 6.61 Å². The number of nitrogens with zero attached hydrogens (tertiary/aromatic N) is 1. The zero-order chi connectivity index (χ0) is 18.6. The Morgan fingerprint density at radius 2 is 1.54 bits per heavy atom. The van der Waals surface area contributed by atoms with Gasteiger partial charge in [-0.3, -0.25) is 0 Å². The lowest BCUT2D eigenvalue weighted by Gasteiger charge is -2.44. The van der Waals surface area contributed by atoms with Crippen molar-refractivity contribution in [3.8, 4) is 16.9 Å². The molecule has 0 aliphatic carbocycles. The number of rotatable bonds is 6. The zero-order valence-corrected chi connectivity index (χ0v) is 16.3. The molecule has 26 heavy (non-hydrogen) atoms. The van der Waals surface area contributed by atoms with Crippen LogP contribution in [0.25, 0.3) is 11.1 Å². The molecule has 0 amide bonds. The molecule has 0 radical (unpaired) electrons. The topological polar surface area (TPSA) is 29.5 Å². The molecular formula is C23H32NO2+. The van der Waals surface area contributed by atoms with Gasteiger partial charge in [0, 0.05) is 11.8 Å². The minimum Gasteiger partial charge on any atom is -0.491 e. The van der Waals surface area contributed by atoms with E-state index < -0.39 is 6.10 Å². The van der Waals surface area contributed by atoms with Gasteiger partial charge in [-0.15, -0.1) is 0 Å². The summed E-state index contributed by atoms with van der Waals surface area (Å²) in [4.78, 5) is 0. The van der Waals surface area contributed by atoms with Crippen LogP contribution >= 0.6 is 0 Å². The predicted molar refractivity (Wildman–Crippen MR) is 107 cm³/mol. The first-order valence-electron chi connectivity index (χ1n) is 9.73. The summed E-state index contributed by atoms with van der Waals surface area (Å²) in [6.45, 7) is 8.05. The van der Waals surface area contributed by atoms with Gasteiger partial charge in [-0.1, -0.05) is 56.3 Å². The molecular weight excluding hydrogens is 322 g/mol. The molecule has 0 bridgehead atoms. The fraction of sp³-hybridized carbons (Fsp3) is 0.478. The summed E-state index contributed by atoms with van der Waals surface area (Å²) in [5, 5.41) is 10.5. The summed E-state index contributed by atoms with van der Waals surface area (Å²) in [7, 11) is 2.27. The Kier molecular flexibility index (Phi) is 6.00. The van der Waals surface area contributed by atoms with Crippen molar-refractivity contribution in [2.75, 3.05) is 33.3 Å². The van der Waals surface area contributed by atoms with Crippen LogP contribution in [0.2, 0.25) is 0 Å². The molecule has 1 aliphatic heterocycles. The van der Waals surface area contributed by atoms with Crippen molar-refractivity contribution >= 4 is 0 Å². The van der Waals surface area contributed by atoms with E-state index in [4.69, 9.17) is 4.74 Å². The summed E-state index contributed by atoms with van der Waals surface area (Å²) >= 11 is 0. The highest BCUT2D eigenvalue weighted by atomic mass is 16.5. The summed E-state index contributed by atoms with van der Waals surface area (Å²) < 4.78 is 6.78. The second kappa shape index (κ2) is 8.24. The molecule has 1 heterocycles. The number of likely N-dealkylation sites (N-methyl/N-ethyl adjacent to an activating group) is 1. The van der Waals surface area contributed by atoms with E-state index in [1.54, 1.807) is 0 Å². The summed E-state index contributed by atoms with van der Waals surface area (Å²) in [6, 6.07) is 18.4. The Hall–Kier alpha value is -1.84. The third-order valence-corrected chi connectivity index (χ3v) is 5.36. The smallest absolute Gasteiger partial charge is 0.137 e. The van der Waals surface area contributed by atoms with Crippen LogP contribution < -0.4 is 4.74 Å². The quantitative estimate of drug-likeness (QED) is 0.787. The minimum atomic E-state index is -0.439. The van der Waals surface area contributed by atoms with Crippen molar-refractivity contribution in [3.63, 3.8) is 0 Å². The number of likely N-dealkylation sites (tertiary alicyclic amines) is 1. The first-order valence-corrected chi connectivity index (χ1v) is 9.73. The number of hydrogen-bond acceptors (Lipinski definition) is 2.